The number of hydrogen-bond acceptors (Lipinski definition) is 4. The Morgan fingerprint density at radius 3 is 1.59 bits per heavy atom. The molecule has 0 bridgehead atoms. The summed E-state index contributed by atoms with van der Waals surface area (Å²) in [7, 11) is 0. The molecule has 0 saturated carbocycles. The smallest absolute Gasteiger partial charge is 0.0699 e. The predicted octanol–water partition coefficient (Wildman–Crippen LogP) is 8.70. The van der Waals surface area contributed by atoms with E-state index in [1.807, 2.05) is 23.5 Å². The number of thioether (sulfide) groups is 4. The minimum absolute atomic E-state index is 1.31. The van der Waals surface area contributed by atoms with Crippen LogP contribution in [0.2, 0.25) is 0 Å². The van der Waals surface area contributed by atoms with E-state index in [1.54, 1.807) is 14.0 Å². The van der Waals surface area contributed by atoms with Crippen molar-refractivity contribution in [3.8, 4) is 0 Å². The Kier molecular flexibility index (Phi) is 9.67. The summed E-state index contributed by atoms with van der Waals surface area (Å²) < 4.78 is 3.06. The van der Waals surface area contributed by atoms with Gasteiger partial charge in [-0.25, -0.2) is 0 Å². The van der Waals surface area contributed by atoms with Crippen LogP contribution in [0.5, 0.6) is 0 Å². The molecule has 2 heterocycles. The maximum Gasteiger partial charge on any atom is 0.0699 e. The third-order valence-corrected chi connectivity index (χ3v) is 9.28. The molecule has 22 heavy (non-hydrogen) atoms. The highest BCUT2D eigenvalue weighted by Gasteiger charge is 2.24. The average Bonchev–Trinajstić information content (AvgIpc) is 3.18. The van der Waals surface area contributed by atoms with E-state index in [2.05, 4.69) is 48.2 Å². The molecule has 0 saturated heterocycles. The van der Waals surface area contributed by atoms with E-state index < -0.39 is 0 Å². The lowest BCUT2D eigenvalue weighted by Crippen LogP contribution is -1.84. The van der Waals surface area contributed by atoms with E-state index in [0.29, 0.717) is 0 Å². The molecule has 0 spiro atoms. The van der Waals surface area contributed by atoms with Crippen molar-refractivity contribution >= 4 is 47.0 Å². The van der Waals surface area contributed by atoms with Gasteiger partial charge in [-0.3, -0.25) is 0 Å². The van der Waals surface area contributed by atoms with E-state index in [0.717, 1.165) is 0 Å². The van der Waals surface area contributed by atoms with Crippen molar-refractivity contribution in [2.24, 2.45) is 0 Å². The zero-order valence-electron chi connectivity index (χ0n) is 13.9. The maximum atomic E-state index is 2.29. The lowest BCUT2D eigenvalue weighted by atomic mass is 10.1. The molecule has 0 unspecified atom stereocenters. The molecule has 0 atom stereocenters. The van der Waals surface area contributed by atoms with Gasteiger partial charge in [0.15, 0.2) is 0 Å². The van der Waals surface area contributed by atoms with Gasteiger partial charge < -0.3 is 0 Å². The Balaban J connectivity index is 1.88. The number of rotatable bonds is 10. The molecule has 0 nitrogen and oxygen atoms in total. The van der Waals surface area contributed by atoms with Gasteiger partial charge in [-0.1, -0.05) is 99.4 Å². The Labute approximate surface area is 153 Å². The Morgan fingerprint density at radius 1 is 0.636 bits per heavy atom. The summed E-state index contributed by atoms with van der Waals surface area (Å²) in [5.41, 5.74) is 0. The van der Waals surface area contributed by atoms with Gasteiger partial charge in [0.25, 0.3) is 0 Å². The molecular weight excluding hydrogens is 344 g/mol. The molecule has 124 valence electrons. The van der Waals surface area contributed by atoms with Crippen LogP contribution in [0.1, 0.15) is 78.1 Å². The second-order valence-corrected chi connectivity index (χ2v) is 10.3. The second kappa shape index (κ2) is 11.2. The zero-order chi connectivity index (χ0) is 15.6. The molecule has 0 amide bonds. The van der Waals surface area contributed by atoms with E-state index in [4.69, 9.17) is 0 Å². The Morgan fingerprint density at radius 2 is 1.14 bits per heavy atom. The SMILES string of the molecule is CCCCCCC1=C(CCCCCC)SC(=C2SC=CS2)S1. The van der Waals surface area contributed by atoms with Crippen LogP contribution < -0.4 is 0 Å². The fourth-order valence-electron chi connectivity index (χ4n) is 2.55. The van der Waals surface area contributed by atoms with Crippen LogP contribution in [0.3, 0.4) is 0 Å². The molecule has 2 rings (SSSR count). The number of hydrogen-bond donors (Lipinski definition) is 0. The highest BCUT2D eigenvalue weighted by atomic mass is 32.2. The first kappa shape index (κ1) is 19.0. The fraction of sp³-hybridized carbons (Fsp3) is 0.667. The first-order valence-electron chi connectivity index (χ1n) is 8.65. The van der Waals surface area contributed by atoms with Crippen molar-refractivity contribution in [3.63, 3.8) is 0 Å². The highest BCUT2D eigenvalue weighted by Crippen LogP contribution is 2.58. The van der Waals surface area contributed by atoms with Crippen LogP contribution in [-0.2, 0) is 0 Å². The molecule has 0 aliphatic carbocycles. The topological polar surface area (TPSA) is 0 Å². The minimum Gasteiger partial charge on any atom is -0.0884 e. The molecule has 0 radical (unpaired) electrons. The molecule has 0 aromatic rings. The van der Waals surface area contributed by atoms with Crippen LogP contribution in [0.15, 0.2) is 29.1 Å². The Hall–Kier alpha value is 0.620. The summed E-state index contributed by atoms with van der Waals surface area (Å²) in [5, 5.41) is 4.43. The number of allylic oxidation sites excluding steroid dienone is 2. The normalized spacial score (nSPS) is 18.1. The lowest BCUT2D eigenvalue weighted by molar-refractivity contribution is 0.661. The van der Waals surface area contributed by atoms with Gasteiger partial charge in [0.2, 0.25) is 0 Å². The summed E-state index contributed by atoms with van der Waals surface area (Å²) in [4.78, 5) is 3.38. The van der Waals surface area contributed by atoms with E-state index in [1.165, 1.54) is 68.4 Å². The third-order valence-electron chi connectivity index (χ3n) is 3.83. The van der Waals surface area contributed by atoms with Crippen molar-refractivity contribution in [3.05, 3.63) is 29.1 Å². The van der Waals surface area contributed by atoms with E-state index >= 15 is 0 Å². The maximum absolute atomic E-state index is 2.29. The molecule has 0 N–H and O–H groups in total. The molecule has 2 aliphatic rings. The Bertz CT molecular complexity index is 398. The summed E-state index contributed by atoms with van der Waals surface area (Å²) in [6.45, 7) is 4.59. The van der Waals surface area contributed by atoms with Crippen LogP contribution >= 0.6 is 47.0 Å². The van der Waals surface area contributed by atoms with Crippen molar-refractivity contribution in [1.29, 1.82) is 0 Å². The molecule has 4 heteroatoms. The van der Waals surface area contributed by atoms with E-state index in [-0.39, 0.29) is 0 Å². The zero-order valence-corrected chi connectivity index (χ0v) is 17.1. The molecular formula is C18H28S4. The summed E-state index contributed by atoms with van der Waals surface area (Å²) in [6, 6.07) is 0. The largest absolute Gasteiger partial charge is 0.0884 e. The van der Waals surface area contributed by atoms with Gasteiger partial charge >= 0.3 is 0 Å². The first-order valence-corrected chi connectivity index (χ1v) is 12.0. The van der Waals surface area contributed by atoms with Crippen LogP contribution in [0.4, 0.5) is 0 Å². The quantitative estimate of drug-likeness (QED) is 0.351. The van der Waals surface area contributed by atoms with Crippen molar-refractivity contribution in [2.75, 3.05) is 0 Å². The van der Waals surface area contributed by atoms with Crippen molar-refractivity contribution in [1.82, 2.24) is 0 Å². The van der Waals surface area contributed by atoms with E-state index in [9.17, 15) is 0 Å². The van der Waals surface area contributed by atoms with Crippen molar-refractivity contribution < 1.29 is 0 Å². The minimum atomic E-state index is 1.31. The lowest BCUT2D eigenvalue weighted by Gasteiger charge is -2.05. The fourth-order valence-corrected chi connectivity index (χ4v) is 7.63. The molecule has 2 aliphatic heterocycles. The summed E-state index contributed by atoms with van der Waals surface area (Å²) in [5.74, 6) is 0. The molecule has 0 aromatic carbocycles. The van der Waals surface area contributed by atoms with Gasteiger partial charge in [-0.05, 0) is 36.5 Å². The summed E-state index contributed by atoms with van der Waals surface area (Å²) in [6.07, 6.45) is 13.6. The molecule has 0 aromatic heterocycles. The van der Waals surface area contributed by atoms with Crippen molar-refractivity contribution in [2.45, 2.75) is 78.1 Å². The second-order valence-electron chi connectivity index (χ2n) is 5.75. The van der Waals surface area contributed by atoms with Crippen LogP contribution in [-0.4, -0.2) is 0 Å². The van der Waals surface area contributed by atoms with Gasteiger partial charge in [-0.2, -0.15) is 0 Å². The van der Waals surface area contributed by atoms with Gasteiger partial charge in [0, 0.05) is 9.81 Å². The highest BCUT2D eigenvalue weighted by molar-refractivity contribution is 8.33. The van der Waals surface area contributed by atoms with Crippen LogP contribution in [0, 0.1) is 0 Å². The molecule has 0 fully saturated rings. The number of unbranched alkanes of at least 4 members (excludes halogenated alkanes) is 6. The standard InChI is InChI=1S/C18H28S4/c1-3-5-7-9-11-15-16(12-10-8-6-4-2)22-18(21-15)17-19-13-14-20-17/h13-14H,3-12H2,1-2H3. The van der Waals surface area contributed by atoms with Gasteiger partial charge in [0.05, 0.1) is 8.47 Å². The summed E-state index contributed by atoms with van der Waals surface area (Å²) >= 11 is 7.96. The van der Waals surface area contributed by atoms with Gasteiger partial charge in [-0.15, -0.1) is 0 Å². The average molecular weight is 373 g/mol. The first-order chi connectivity index (χ1) is 10.8. The monoisotopic (exact) mass is 372 g/mol. The third kappa shape index (κ3) is 6.26. The predicted molar refractivity (Wildman–Crippen MR) is 111 cm³/mol. The van der Waals surface area contributed by atoms with Gasteiger partial charge in [0.1, 0.15) is 0 Å². The van der Waals surface area contributed by atoms with Crippen LogP contribution in [0.25, 0.3) is 0 Å².